The summed E-state index contributed by atoms with van der Waals surface area (Å²) in [6.07, 6.45) is 1.79. The molecule has 0 spiro atoms. The van der Waals surface area contributed by atoms with E-state index in [-0.39, 0.29) is 5.56 Å². The monoisotopic (exact) mass is 325 g/mol. The Hall–Kier alpha value is -3.40. The summed E-state index contributed by atoms with van der Waals surface area (Å²) in [5, 5.41) is 2.62. The summed E-state index contributed by atoms with van der Waals surface area (Å²) >= 11 is 0. The Morgan fingerprint density at radius 1 is 0.840 bits per heavy atom. The first kappa shape index (κ1) is 14.0. The first-order valence-electron chi connectivity index (χ1n) is 8.25. The van der Waals surface area contributed by atoms with Gasteiger partial charge in [-0.15, -0.1) is 0 Å². The van der Waals surface area contributed by atoms with E-state index in [4.69, 9.17) is 0 Å². The smallest absolute Gasteiger partial charge is 0.256 e. The maximum Gasteiger partial charge on any atom is 0.256 e. The van der Waals surface area contributed by atoms with Crippen LogP contribution in [0.15, 0.2) is 77.7 Å². The van der Waals surface area contributed by atoms with Crippen LogP contribution >= 0.6 is 0 Å². The van der Waals surface area contributed by atoms with Gasteiger partial charge in [-0.25, -0.2) is 4.98 Å². The molecule has 0 aliphatic carbocycles. The predicted molar refractivity (Wildman–Crippen MR) is 101 cm³/mol. The first-order chi connectivity index (χ1) is 12.3. The first-order valence-corrected chi connectivity index (χ1v) is 8.25. The molecule has 0 radical (unpaired) electrons. The number of benzene rings is 2. The third kappa shape index (κ3) is 2.08. The summed E-state index contributed by atoms with van der Waals surface area (Å²) in [7, 11) is 0. The van der Waals surface area contributed by atoms with Crippen LogP contribution < -0.4 is 5.56 Å². The zero-order chi connectivity index (χ0) is 16.8. The average Bonchev–Trinajstić information content (AvgIpc) is 2.97. The van der Waals surface area contributed by atoms with E-state index in [1.54, 1.807) is 6.20 Å². The Balaban J connectivity index is 1.96. The molecule has 0 atom stereocenters. The van der Waals surface area contributed by atoms with Gasteiger partial charge in [0, 0.05) is 28.9 Å². The number of aromatic nitrogens is 3. The molecule has 120 valence electrons. The average molecular weight is 325 g/mol. The van der Waals surface area contributed by atoms with Gasteiger partial charge in [-0.3, -0.25) is 4.79 Å². The molecule has 0 unspecified atom stereocenters. The topological polar surface area (TPSA) is 50.7 Å². The highest BCUT2D eigenvalue weighted by Crippen LogP contribution is 2.30. The number of nitrogens with one attached hydrogen (secondary N) is 1. The van der Waals surface area contributed by atoms with E-state index >= 15 is 0 Å². The van der Waals surface area contributed by atoms with Gasteiger partial charge in [0.15, 0.2) is 0 Å². The highest BCUT2D eigenvalue weighted by atomic mass is 16.1. The lowest BCUT2D eigenvalue weighted by Gasteiger charge is -2.08. The number of pyridine rings is 2. The van der Waals surface area contributed by atoms with Gasteiger partial charge in [-0.2, -0.15) is 0 Å². The molecule has 0 aliphatic rings. The third-order valence-electron chi connectivity index (χ3n) is 4.67. The van der Waals surface area contributed by atoms with Gasteiger partial charge in [0.1, 0.15) is 5.65 Å². The van der Waals surface area contributed by atoms with Gasteiger partial charge < -0.3 is 9.55 Å². The summed E-state index contributed by atoms with van der Waals surface area (Å²) < 4.78 is 2.19. The van der Waals surface area contributed by atoms with Crippen molar-refractivity contribution < 1.29 is 0 Å². The lowest BCUT2D eigenvalue weighted by atomic mass is 10.1. The molecule has 2 aromatic carbocycles. The van der Waals surface area contributed by atoms with Crippen LogP contribution in [0.3, 0.4) is 0 Å². The lowest BCUT2D eigenvalue weighted by molar-refractivity contribution is 0.858. The standard InChI is InChI=1S/C21H15N3O/c25-21-16-10-5-4-9-15(16)19-18(23-21)17-11-6-12-22-20(17)24(19)13-14-7-2-1-3-8-14/h1-12H,13H2,(H,23,25). The van der Waals surface area contributed by atoms with Crippen LogP contribution in [-0.4, -0.2) is 14.5 Å². The fraction of sp³-hybridized carbons (Fsp3) is 0.0476. The van der Waals surface area contributed by atoms with Crippen molar-refractivity contribution in [2.75, 3.05) is 0 Å². The van der Waals surface area contributed by atoms with Crippen LogP contribution in [0.4, 0.5) is 0 Å². The van der Waals surface area contributed by atoms with Crippen molar-refractivity contribution in [1.82, 2.24) is 14.5 Å². The van der Waals surface area contributed by atoms with E-state index in [1.807, 2.05) is 54.6 Å². The van der Waals surface area contributed by atoms with E-state index < -0.39 is 0 Å². The zero-order valence-corrected chi connectivity index (χ0v) is 13.4. The van der Waals surface area contributed by atoms with Gasteiger partial charge in [0.05, 0.1) is 11.0 Å². The summed E-state index contributed by atoms with van der Waals surface area (Å²) in [4.78, 5) is 20.2. The number of nitrogens with zero attached hydrogens (tertiary/aromatic N) is 2. The molecule has 3 heterocycles. The molecular weight excluding hydrogens is 310 g/mol. The molecule has 3 aromatic heterocycles. The largest absolute Gasteiger partial charge is 0.319 e. The Bertz CT molecular complexity index is 1280. The van der Waals surface area contributed by atoms with E-state index in [1.165, 1.54) is 5.56 Å². The van der Waals surface area contributed by atoms with Crippen LogP contribution in [0.2, 0.25) is 0 Å². The predicted octanol–water partition coefficient (Wildman–Crippen LogP) is 4.08. The fourth-order valence-electron chi connectivity index (χ4n) is 3.57. The third-order valence-corrected chi connectivity index (χ3v) is 4.67. The minimum absolute atomic E-state index is 0.0642. The van der Waals surface area contributed by atoms with Crippen molar-refractivity contribution in [3.63, 3.8) is 0 Å². The lowest BCUT2D eigenvalue weighted by Crippen LogP contribution is -2.07. The molecule has 0 fully saturated rings. The molecule has 5 rings (SSSR count). The molecule has 0 aliphatic heterocycles. The molecule has 4 heteroatoms. The molecule has 25 heavy (non-hydrogen) atoms. The van der Waals surface area contributed by atoms with Gasteiger partial charge in [-0.1, -0.05) is 48.5 Å². The molecule has 1 N–H and O–H groups in total. The SMILES string of the molecule is O=c1[nH]c2c3cccnc3n(Cc3ccccc3)c2c2ccccc12. The van der Waals surface area contributed by atoms with Crippen LogP contribution in [-0.2, 0) is 6.54 Å². The van der Waals surface area contributed by atoms with Crippen LogP contribution in [0.25, 0.3) is 32.8 Å². The molecule has 5 aromatic rings. The minimum atomic E-state index is -0.0642. The maximum absolute atomic E-state index is 12.5. The van der Waals surface area contributed by atoms with Crippen molar-refractivity contribution in [1.29, 1.82) is 0 Å². The number of hydrogen-bond acceptors (Lipinski definition) is 2. The molecule has 4 nitrogen and oxygen atoms in total. The van der Waals surface area contributed by atoms with Crippen molar-refractivity contribution in [3.05, 3.63) is 88.8 Å². The number of rotatable bonds is 2. The number of H-pyrrole nitrogens is 1. The summed E-state index contributed by atoms with van der Waals surface area (Å²) in [6.45, 7) is 0.702. The molecule has 0 amide bonds. The quantitative estimate of drug-likeness (QED) is 0.532. The molecular formula is C21H15N3O. The maximum atomic E-state index is 12.5. The van der Waals surface area contributed by atoms with E-state index in [0.29, 0.717) is 11.9 Å². The second-order valence-electron chi connectivity index (χ2n) is 6.17. The van der Waals surface area contributed by atoms with Gasteiger partial charge in [-0.05, 0) is 23.8 Å². The van der Waals surface area contributed by atoms with Crippen molar-refractivity contribution in [2.45, 2.75) is 6.54 Å². The van der Waals surface area contributed by atoms with Crippen LogP contribution in [0.5, 0.6) is 0 Å². The fourth-order valence-corrected chi connectivity index (χ4v) is 3.57. The van der Waals surface area contributed by atoms with E-state index in [9.17, 15) is 4.79 Å². The van der Waals surface area contributed by atoms with Gasteiger partial charge in [0.25, 0.3) is 5.56 Å². The summed E-state index contributed by atoms with van der Waals surface area (Å²) in [5.74, 6) is 0. The van der Waals surface area contributed by atoms with Crippen LogP contribution in [0.1, 0.15) is 5.56 Å². The van der Waals surface area contributed by atoms with E-state index in [0.717, 1.165) is 27.5 Å². The van der Waals surface area contributed by atoms with Crippen molar-refractivity contribution in [3.8, 4) is 0 Å². The van der Waals surface area contributed by atoms with Gasteiger partial charge in [0.2, 0.25) is 0 Å². The Morgan fingerprint density at radius 3 is 2.40 bits per heavy atom. The van der Waals surface area contributed by atoms with Crippen LogP contribution in [0, 0.1) is 0 Å². The second kappa shape index (κ2) is 5.31. The Labute approximate surface area is 143 Å². The Kier molecular flexibility index (Phi) is 2.97. The summed E-state index contributed by atoms with van der Waals surface area (Å²) in [5.41, 5.74) is 3.89. The molecule has 0 bridgehead atoms. The van der Waals surface area contributed by atoms with Gasteiger partial charge >= 0.3 is 0 Å². The zero-order valence-electron chi connectivity index (χ0n) is 13.4. The Morgan fingerprint density at radius 2 is 1.56 bits per heavy atom. The van der Waals surface area contributed by atoms with Crippen molar-refractivity contribution in [2.24, 2.45) is 0 Å². The number of fused-ring (bicyclic) bond motifs is 5. The second-order valence-corrected chi connectivity index (χ2v) is 6.17. The summed E-state index contributed by atoms with van der Waals surface area (Å²) in [6, 6.07) is 22.0. The number of hydrogen-bond donors (Lipinski definition) is 1. The number of aromatic amines is 1. The minimum Gasteiger partial charge on any atom is -0.319 e. The highest BCUT2D eigenvalue weighted by Gasteiger charge is 2.16. The molecule has 0 saturated carbocycles. The highest BCUT2D eigenvalue weighted by molar-refractivity contribution is 6.14. The van der Waals surface area contributed by atoms with E-state index in [2.05, 4.69) is 26.7 Å². The normalized spacial score (nSPS) is 11.5. The molecule has 0 saturated heterocycles. The van der Waals surface area contributed by atoms with Crippen molar-refractivity contribution >= 4 is 32.8 Å².